The molecule has 0 radical (unpaired) electrons. The number of carbonyl (C=O) groups is 1. The smallest absolute Gasteiger partial charge is 0.234 e. The Morgan fingerprint density at radius 1 is 1.26 bits per heavy atom. The molecule has 1 fully saturated rings. The van der Waals surface area contributed by atoms with Crippen molar-refractivity contribution in [2.45, 2.75) is 64.4 Å². The van der Waals surface area contributed by atoms with Crippen LogP contribution in [-0.4, -0.2) is 47.3 Å². The number of amides is 1. The van der Waals surface area contributed by atoms with E-state index in [9.17, 15) is 13.6 Å². The predicted octanol–water partition coefficient (Wildman–Crippen LogP) is 4.68. The fraction of sp³-hybridized carbons (Fsp3) is 0.542. The lowest BCUT2D eigenvalue weighted by atomic mass is 9.70. The first-order valence-corrected chi connectivity index (χ1v) is 11.1. The molecule has 2 aliphatic rings. The third-order valence-corrected chi connectivity index (χ3v) is 6.37. The highest BCUT2D eigenvalue weighted by Crippen LogP contribution is 2.42. The molecule has 0 saturated carbocycles. The summed E-state index contributed by atoms with van der Waals surface area (Å²) in [5.74, 6) is -1.29. The summed E-state index contributed by atoms with van der Waals surface area (Å²) < 4.78 is 33.8. The zero-order valence-corrected chi connectivity index (χ0v) is 18.8. The van der Waals surface area contributed by atoms with Gasteiger partial charge in [0.1, 0.15) is 11.6 Å². The van der Waals surface area contributed by atoms with Gasteiger partial charge >= 0.3 is 0 Å². The SMILES string of the molecule is CC.CC[C@]1(C(=O)N2CC[C@H](OC)C2)CCCc2cc(-c3c(F)cccc3F)nnc21. The van der Waals surface area contributed by atoms with Crippen LogP contribution < -0.4 is 0 Å². The molecule has 31 heavy (non-hydrogen) atoms. The Morgan fingerprint density at radius 3 is 2.58 bits per heavy atom. The molecule has 2 heterocycles. The molecular weight excluding hydrogens is 400 g/mol. The first-order valence-electron chi connectivity index (χ1n) is 11.1. The van der Waals surface area contributed by atoms with E-state index >= 15 is 0 Å². The number of benzene rings is 1. The molecule has 2 aromatic rings. The Bertz CT molecular complexity index is 917. The van der Waals surface area contributed by atoms with Crippen molar-refractivity contribution >= 4 is 5.91 Å². The number of rotatable bonds is 4. The van der Waals surface area contributed by atoms with Gasteiger partial charge in [-0.1, -0.05) is 26.8 Å². The molecule has 0 N–H and O–H groups in total. The lowest BCUT2D eigenvalue weighted by molar-refractivity contribution is -0.138. The number of hydrogen-bond donors (Lipinski definition) is 0. The lowest BCUT2D eigenvalue weighted by Gasteiger charge is -2.38. The van der Waals surface area contributed by atoms with Gasteiger partial charge in [0.2, 0.25) is 5.91 Å². The van der Waals surface area contributed by atoms with Crippen LogP contribution in [0.2, 0.25) is 0 Å². The fourth-order valence-corrected chi connectivity index (χ4v) is 4.70. The van der Waals surface area contributed by atoms with Crippen LogP contribution in [0.4, 0.5) is 8.78 Å². The molecule has 0 bridgehead atoms. The van der Waals surface area contributed by atoms with E-state index in [0.29, 0.717) is 38.0 Å². The van der Waals surface area contributed by atoms with Gasteiger partial charge in [0, 0.05) is 20.2 Å². The monoisotopic (exact) mass is 431 g/mol. The molecule has 5 nitrogen and oxygen atoms in total. The second kappa shape index (κ2) is 9.81. The van der Waals surface area contributed by atoms with Crippen molar-refractivity contribution in [2.75, 3.05) is 20.2 Å². The van der Waals surface area contributed by atoms with E-state index in [1.807, 2.05) is 25.7 Å². The summed E-state index contributed by atoms with van der Waals surface area (Å²) in [5, 5.41) is 8.51. The number of hydrogen-bond acceptors (Lipinski definition) is 4. The standard InChI is InChI=1S/C22H25F2N3O2.C2H6/c1-3-22(21(28)27-11-9-15(13-27)29-2)10-5-6-14-12-18(25-26-20(14)22)19-16(23)7-4-8-17(19)24;1-2/h4,7-8,12,15H,3,5-6,9-11,13H2,1-2H3;1-2H3/t15-,22-;/m0./s1. The van der Waals surface area contributed by atoms with Crippen LogP contribution >= 0.6 is 0 Å². The van der Waals surface area contributed by atoms with Crippen molar-refractivity contribution < 1.29 is 18.3 Å². The third-order valence-electron chi connectivity index (χ3n) is 6.37. The summed E-state index contributed by atoms with van der Waals surface area (Å²) in [6.07, 6.45) is 3.73. The predicted molar refractivity (Wildman–Crippen MR) is 116 cm³/mol. The van der Waals surface area contributed by atoms with Crippen molar-refractivity contribution in [1.82, 2.24) is 15.1 Å². The van der Waals surface area contributed by atoms with Gasteiger partial charge in [-0.3, -0.25) is 4.79 Å². The second-order valence-corrected chi connectivity index (χ2v) is 7.89. The Labute approximate surface area is 182 Å². The van der Waals surface area contributed by atoms with Gasteiger partial charge in [-0.25, -0.2) is 8.78 Å². The highest BCUT2D eigenvalue weighted by Gasteiger charge is 2.47. The van der Waals surface area contributed by atoms with Crippen molar-refractivity contribution in [1.29, 1.82) is 0 Å². The highest BCUT2D eigenvalue weighted by molar-refractivity contribution is 5.89. The van der Waals surface area contributed by atoms with Crippen molar-refractivity contribution in [3.63, 3.8) is 0 Å². The van der Waals surface area contributed by atoms with Gasteiger partial charge in [0.15, 0.2) is 0 Å². The first-order chi connectivity index (χ1) is 15.0. The van der Waals surface area contributed by atoms with Gasteiger partial charge in [-0.2, -0.15) is 5.10 Å². The van der Waals surface area contributed by atoms with Gasteiger partial charge < -0.3 is 9.64 Å². The number of halogens is 2. The maximum absolute atomic E-state index is 14.2. The summed E-state index contributed by atoms with van der Waals surface area (Å²) in [6.45, 7) is 7.24. The second-order valence-electron chi connectivity index (χ2n) is 7.89. The minimum absolute atomic E-state index is 0.0552. The number of aryl methyl sites for hydroxylation is 1. The minimum Gasteiger partial charge on any atom is -0.380 e. The molecule has 4 rings (SSSR count). The lowest BCUT2D eigenvalue weighted by Crippen LogP contribution is -2.48. The van der Waals surface area contributed by atoms with E-state index in [0.717, 1.165) is 18.4 Å². The van der Waals surface area contributed by atoms with Crippen LogP contribution in [0.25, 0.3) is 11.3 Å². The summed E-state index contributed by atoms with van der Waals surface area (Å²) >= 11 is 0. The summed E-state index contributed by atoms with van der Waals surface area (Å²) in [5.41, 5.74) is 0.748. The summed E-state index contributed by atoms with van der Waals surface area (Å²) in [4.78, 5) is 15.4. The number of likely N-dealkylation sites (tertiary alicyclic amines) is 1. The Balaban J connectivity index is 0.00000132. The number of carbonyl (C=O) groups excluding carboxylic acids is 1. The minimum atomic E-state index is -0.741. The van der Waals surface area contributed by atoms with E-state index in [1.54, 1.807) is 13.2 Å². The average Bonchev–Trinajstić information content (AvgIpc) is 3.28. The van der Waals surface area contributed by atoms with E-state index in [2.05, 4.69) is 10.2 Å². The number of methoxy groups -OCH3 is 1. The summed E-state index contributed by atoms with van der Waals surface area (Å²) in [7, 11) is 1.67. The van der Waals surface area contributed by atoms with Crippen LogP contribution in [0.1, 0.15) is 57.7 Å². The van der Waals surface area contributed by atoms with E-state index < -0.39 is 17.0 Å². The molecular formula is C24H31F2N3O2. The molecule has 1 aromatic carbocycles. The molecule has 1 aromatic heterocycles. The normalized spacial score (nSPS) is 22.5. The molecule has 1 amide bonds. The van der Waals surface area contributed by atoms with Crippen LogP contribution in [0.5, 0.6) is 0 Å². The van der Waals surface area contributed by atoms with E-state index in [4.69, 9.17) is 4.74 Å². The van der Waals surface area contributed by atoms with Gasteiger partial charge in [-0.15, -0.1) is 5.10 Å². The van der Waals surface area contributed by atoms with Gasteiger partial charge in [-0.05, 0) is 55.9 Å². The first kappa shape index (κ1) is 23.3. The van der Waals surface area contributed by atoms with Crippen LogP contribution in [0, 0.1) is 11.6 Å². The number of aromatic nitrogens is 2. The molecule has 0 unspecified atom stereocenters. The average molecular weight is 432 g/mol. The van der Waals surface area contributed by atoms with Gasteiger partial charge in [0.25, 0.3) is 0 Å². The number of ether oxygens (including phenoxy) is 1. The van der Waals surface area contributed by atoms with Crippen molar-refractivity contribution in [3.8, 4) is 11.3 Å². The Morgan fingerprint density at radius 2 is 1.97 bits per heavy atom. The Hall–Kier alpha value is -2.41. The summed E-state index contributed by atoms with van der Waals surface area (Å²) in [6, 6.07) is 5.44. The maximum atomic E-state index is 14.2. The largest absolute Gasteiger partial charge is 0.380 e. The van der Waals surface area contributed by atoms with Gasteiger partial charge in [0.05, 0.1) is 28.5 Å². The van der Waals surface area contributed by atoms with E-state index in [-0.39, 0.29) is 23.3 Å². The zero-order valence-electron chi connectivity index (χ0n) is 18.8. The fourth-order valence-electron chi connectivity index (χ4n) is 4.70. The van der Waals surface area contributed by atoms with Crippen LogP contribution in [0.15, 0.2) is 24.3 Å². The van der Waals surface area contributed by atoms with E-state index in [1.165, 1.54) is 18.2 Å². The molecule has 1 aliphatic heterocycles. The zero-order chi connectivity index (χ0) is 22.6. The molecule has 7 heteroatoms. The molecule has 1 aliphatic carbocycles. The molecule has 2 atom stereocenters. The number of fused-ring (bicyclic) bond motifs is 1. The highest BCUT2D eigenvalue weighted by atomic mass is 19.1. The third kappa shape index (κ3) is 4.20. The van der Waals surface area contributed by atoms with Crippen molar-refractivity contribution in [3.05, 3.63) is 47.2 Å². The number of nitrogens with zero attached hydrogens (tertiary/aromatic N) is 3. The van der Waals surface area contributed by atoms with Crippen LogP contribution in [0.3, 0.4) is 0 Å². The maximum Gasteiger partial charge on any atom is 0.234 e. The van der Waals surface area contributed by atoms with Crippen molar-refractivity contribution in [2.24, 2.45) is 0 Å². The molecule has 0 spiro atoms. The molecule has 1 saturated heterocycles. The topological polar surface area (TPSA) is 55.3 Å². The molecule has 168 valence electrons. The van der Waals surface area contributed by atoms with Crippen LogP contribution in [-0.2, 0) is 21.4 Å². The quantitative estimate of drug-likeness (QED) is 0.705. The Kier molecular flexibility index (Phi) is 7.36.